The van der Waals surface area contributed by atoms with Crippen LogP contribution in [0.1, 0.15) is 29.8 Å². The van der Waals surface area contributed by atoms with E-state index < -0.39 is 5.97 Å². The van der Waals surface area contributed by atoms with Crippen molar-refractivity contribution in [1.29, 1.82) is 0 Å². The van der Waals surface area contributed by atoms with Gasteiger partial charge in [-0.2, -0.15) is 0 Å². The summed E-state index contributed by atoms with van der Waals surface area (Å²) in [5.41, 5.74) is 7.78. The Hall–Kier alpha value is -1.71. The zero-order valence-corrected chi connectivity index (χ0v) is 9.87. The van der Waals surface area contributed by atoms with Gasteiger partial charge in [0.15, 0.2) is 0 Å². The summed E-state index contributed by atoms with van der Waals surface area (Å²) in [6.07, 6.45) is 0. The molecule has 0 aromatic heterocycles. The molecule has 4 nitrogen and oxygen atoms in total. The average molecular weight is 222 g/mol. The number of nitrogens with two attached hydrogens (primary N) is 1. The maximum Gasteiger partial charge on any atom is 0.337 e. The average Bonchev–Trinajstić information content (AvgIpc) is 2.19. The van der Waals surface area contributed by atoms with E-state index in [-0.39, 0.29) is 5.56 Å². The molecule has 0 heterocycles. The molecule has 4 N–H and O–H groups in total. The van der Waals surface area contributed by atoms with Crippen molar-refractivity contribution < 1.29 is 9.90 Å². The van der Waals surface area contributed by atoms with Gasteiger partial charge in [-0.1, -0.05) is 13.8 Å². The summed E-state index contributed by atoms with van der Waals surface area (Å²) >= 11 is 0. The smallest absolute Gasteiger partial charge is 0.337 e. The molecule has 0 fully saturated rings. The van der Waals surface area contributed by atoms with Crippen LogP contribution in [0.4, 0.5) is 11.4 Å². The first-order valence-corrected chi connectivity index (χ1v) is 5.29. The van der Waals surface area contributed by atoms with E-state index in [1.165, 1.54) is 0 Å². The number of hydrogen-bond acceptors (Lipinski definition) is 3. The Morgan fingerprint density at radius 3 is 2.62 bits per heavy atom. The van der Waals surface area contributed by atoms with E-state index in [1.54, 1.807) is 6.07 Å². The number of carboxylic acids is 1. The van der Waals surface area contributed by atoms with Crippen LogP contribution in [0.2, 0.25) is 0 Å². The molecule has 4 heteroatoms. The maximum absolute atomic E-state index is 11.0. The van der Waals surface area contributed by atoms with E-state index in [2.05, 4.69) is 19.2 Å². The lowest BCUT2D eigenvalue weighted by Gasteiger charge is -2.12. The zero-order valence-electron chi connectivity index (χ0n) is 9.87. The van der Waals surface area contributed by atoms with Crippen molar-refractivity contribution >= 4 is 17.3 Å². The molecule has 1 aromatic carbocycles. The van der Waals surface area contributed by atoms with Crippen molar-refractivity contribution in [1.82, 2.24) is 0 Å². The third kappa shape index (κ3) is 2.89. The van der Waals surface area contributed by atoms with Crippen molar-refractivity contribution in [2.75, 3.05) is 17.6 Å². The number of aromatic carboxylic acids is 1. The molecule has 0 aliphatic heterocycles. The van der Waals surface area contributed by atoms with Crippen molar-refractivity contribution in [2.24, 2.45) is 5.92 Å². The Balaban J connectivity index is 3.00. The topological polar surface area (TPSA) is 75.3 Å². The highest BCUT2D eigenvalue weighted by molar-refractivity contribution is 5.95. The van der Waals surface area contributed by atoms with Crippen LogP contribution in [-0.4, -0.2) is 17.6 Å². The Morgan fingerprint density at radius 2 is 2.12 bits per heavy atom. The van der Waals surface area contributed by atoms with Gasteiger partial charge in [0.1, 0.15) is 0 Å². The third-order valence-electron chi connectivity index (χ3n) is 2.33. The molecule has 0 aliphatic carbocycles. The lowest BCUT2D eigenvalue weighted by molar-refractivity contribution is 0.0698. The van der Waals surface area contributed by atoms with Crippen LogP contribution in [0.25, 0.3) is 0 Å². The van der Waals surface area contributed by atoms with Crippen molar-refractivity contribution in [3.63, 3.8) is 0 Å². The number of rotatable bonds is 4. The van der Waals surface area contributed by atoms with E-state index in [4.69, 9.17) is 10.8 Å². The van der Waals surface area contributed by atoms with E-state index >= 15 is 0 Å². The summed E-state index contributed by atoms with van der Waals surface area (Å²) in [6, 6.07) is 3.44. The molecule has 0 saturated carbocycles. The first kappa shape index (κ1) is 12.4. The SMILES string of the molecule is Cc1cc(NCC(C)C)cc(C(=O)O)c1N. The van der Waals surface area contributed by atoms with Crippen LogP contribution in [0.5, 0.6) is 0 Å². The number of nitrogens with one attached hydrogen (secondary N) is 1. The lowest BCUT2D eigenvalue weighted by atomic mass is 10.1. The standard InChI is InChI=1S/C12H18N2O2/c1-7(2)6-14-9-4-8(3)11(13)10(5-9)12(15)16/h4-5,7,14H,6,13H2,1-3H3,(H,15,16). The first-order chi connectivity index (χ1) is 7.41. The number of carboxylic acid groups (broad SMARTS) is 1. The molecule has 0 saturated heterocycles. The van der Waals surface area contributed by atoms with Gasteiger partial charge in [-0.3, -0.25) is 0 Å². The van der Waals surface area contributed by atoms with Crippen LogP contribution in [0, 0.1) is 12.8 Å². The van der Waals surface area contributed by atoms with Crippen LogP contribution < -0.4 is 11.1 Å². The predicted octanol–water partition coefficient (Wildman–Crippen LogP) is 2.34. The number of anilines is 2. The highest BCUT2D eigenvalue weighted by Gasteiger charge is 2.11. The van der Waals surface area contributed by atoms with Crippen LogP contribution >= 0.6 is 0 Å². The summed E-state index contributed by atoms with van der Waals surface area (Å²) in [4.78, 5) is 11.0. The highest BCUT2D eigenvalue weighted by Crippen LogP contribution is 2.22. The van der Waals surface area contributed by atoms with Gasteiger partial charge in [0, 0.05) is 17.9 Å². The number of carbonyl (C=O) groups is 1. The summed E-state index contributed by atoms with van der Waals surface area (Å²) in [7, 11) is 0. The van der Waals surface area contributed by atoms with Gasteiger partial charge in [0.2, 0.25) is 0 Å². The van der Waals surface area contributed by atoms with E-state index in [9.17, 15) is 4.79 Å². The Bertz CT molecular complexity index is 400. The van der Waals surface area contributed by atoms with Gasteiger partial charge in [-0.15, -0.1) is 0 Å². The normalized spacial score (nSPS) is 10.5. The number of nitrogen functional groups attached to an aromatic ring is 1. The molecule has 1 aromatic rings. The molecule has 16 heavy (non-hydrogen) atoms. The molecule has 0 aliphatic rings. The van der Waals surface area contributed by atoms with Gasteiger partial charge < -0.3 is 16.2 Å². The molecule has 0 radical (unpaired) electrons. The third-order valence-corrected chi connectivity index (χ3v) is 2.33. The fourth-order valence-electron chi connectivity index (χ4n) is 1.40. The Labute approximate surface area is 95.5 Å². The highest BCUT2D eigenvalue weighted by atomic mass is 16.4. The van der Waals surface area contributed by atoms with Gasteiger partial charge in [0.25, 0.3) is 0 Å². The molecular weight excluding hydrogens is 204 g/mol. The fraction of sp³-hybridized carbons (Fsp3) is 0.417. The molecule has 0 unspecified atom stereocenters. The fourth-order valence-corrected chi connectivity index (χ4v) is 1.40. The summed E-state index contributed by atoms with van der Waals surface area (Å²) in [6.45, 7) is 6.80. The van der Waals surface area contributed by atoms with E-state index in [0.29, 0.717) is 11.6 Å². The van der Waals surface area contributed by atoms with Crippen molar-refractivity contribution in [2.45, 2.75) is 20.8 Å². The van der Waals surface area contributed by atoms with Crippen LogP contribution in [0.3, 0.4) is 0 Å². The number of aryl methyl sites for hydroxylation is 1. The Kier molecular flexibility index (Phi) is 3.77. The summed E-state index contributed by atoms with van der Waals surface area (Å²) in [5.74, 6) is -0.486. The van der Waals surface area contributed by atoms with Crippen molar-refractivity contribution in [3.05, 3.63) is 23.3 Å². The van der Waals surface area contributed by atoms with Crippen LogP contribution in [-0.2, 0) is 0 Å². The molecule has 88 valence electrons. The van der Waals surface area contributed by atoms with Gasteiger partial charge in [0.05, 0.1) is 5.56 Å². The zero-order chi connectivity index (χ0) is 12.3. The number of hydrogen-bond donors (Lipinski definition) is 3. The number of benzene rings is 1. The lowest BCUT2D eigenvalue weighted by Crippen LogP contribution is -2.10. The van der Waals surface area contributed by atoms with Gasteiger partial charge >= 0.3 is 5.97 Å². The van der Waals surface area contributed by atoms with Crippen LogP contribution in [0.15, 0.2) is 12.1 Å². The largest absolute Gasteiger partial charge is 0.478 e. The molecular formula is C12H18N2O2. The maximum atomic E-state index is 11.0. The molecule has 0 amide bonds. The monoisotopic (exact) mass is 222 g/mol. The summed E-state index contributed by atoms with van der Waals surface area (Å²) < 4.78 is 0. The second kappa shape index (κ2) is 4.88. The molecule has 0 atom stereocenters. The first-order valence-electron chi connectivity index (χ1n) is 5.29. The minimum absolute atomic E-state index is 0.159. The second-order valence-corrected chi connectivity index (χ2v) is 4.33. The molecule has 0 bridgehead atoms. The van der Waals surface area contributed by atoms with E-state index in [1.807, 2.05) is 13.0 Å². The minimum atomic E-state index is -0.992. The molecule has 1 rings (SSSR count). The van der Waals surface area contributed by atoms with Crippen molar-refractivity contribution in [3.8, 4) is 0 Å². The Morgan fingerprint density at radius 1 is 1.50 bits per heavy atom. The molecule has 0 spiro atoms. The second-order valence-electron chi connectivity index (χ2n) is 4.33. The van der Waals surface area contributed by atoms with Gasteiger partial charge in [-0.25, -0.2) is 4.79 Å². The van der Waals surface area contributed by atoms with Gasteiger partial charge in [-0.05, 0) is 30.5 Å². The quantitative estimate of drug-likeness (QED) is 0.683. The summed E-state index contributed by atoms with van der Waals surface area (Å²) in [5, 5.41) is 12.2. The minimum Gasteiger partial charge on any atom is -0.478 e. The predicted molar refractivity (Wildman–Crippen MR) is 65.9 cm³/mol. The van der Waals surface area contributed by atoms with E-state index in [0.717, 1.165) is 17.8 Å².